The van der Waals surface area contributed by atoms with Crippen molar-refractivity contribution in [3.05, 3.63) is 0 Å². The second-order valence-electron chi connectivity index (χ2n) is 3.21. The van der Waals surface area contributed by atoms with Crippen LogP contribution < -0.4 is 10.6 Å². The third-order valence-corrected chi connectivity index (χ3v) is 2.46. The Labute approximate surface area is 68.2 Å². The van der Waals surface area contributed by atoms with Crippen LogP contribution in [-0.4, -0.2) is 31.0 Å². The Morgan fingerprint density at radius 3 is 2.73 bits per heavy atom. The molecule has 0 aliphatic heterocycles. The van der Waals surface area contributed by atoms with E-state index in [0.29, 0.717) is 12.1 Å². The van der Waals surface area contributed by atoms with E-state index in [4.69, 9.17) is 5.11 Å². The van der Waals surface area contributed by atoms with Crippen molar-refractivity contribution in [1.29, 1.82) is 0 Å². The van der Waals surface area contributed by atoms with E-state index in [1.165, 1.54) is 19.3 Å². The molecule has 1 rings (SSSR count). The molecule has 11 heavy (non-hydrogen) atoms. The van der Waals surface area contributed by atoms with Gasteiger partial charge in [0.05, 0.1) is 6.73 Å². The van der Waals surface area contributed by atoms with Gasteiger partial charge in [-0.25, -0.2) is 0 Å². The largest absolute Gasteiger partial charge is 0.381 e. The van der Waals surface area contributed by atoms with E-state index in [9.17, 15) is 0 Å². The minimum atomic E-state index is 0.112. The predicted molar refractivity (Wildman–Crippen MR) is 45.3 cm³/mol. The van der Waals surface area contributed by atoms with E-state index in [-0.39, 0.29) is 6.73 Å². The summed E-state index contributed by atoms with van der Waals surface area (Å²) < 4.78 is 0. The number of hydrogen-bond acceptors (Lipinski definition) is 3. The summed E-state index contributed by atoms with van der Waals surface area (Å²) in [5.41, 5.74) is 0. The fourth-order valence-corrected chi connectivity index (χ4v) is 1.77. The summed E-state index contributed by atoms with van der Waals surface area (Å²) in [5.74, 6) is 0. The highest BCUT2D eigenvalue weighted by atomic mass is 16.3. The Balaban J connectivity index is 2.21. The smallest absolute Gasteiger partial charge is 0.0933 e. The first-order chi connectivity index (χ1) is 5.36. The zero-order valence-corrected chi connectivity index (χ0v) is 7.14. The van der Waals surface area contributed by atoms with Crippen molar-refractivity contribution < 1.29 is 5.11 Å². The Kier molecular flexibility index (Phi) is 3.83. The van der Waals surface area contributed by atoms with Crippen molar-refractivity contribution in [3.8, 4) is 0 Å². The van der Waals surface area contributed by atoms with E-state index in [1.54, 1.807) is 0 Å². The lowest BCUT2D eigenvalue weighted by molar-refractivity contribution is 0.210. The molecule has 1 aliphatic rings. The molecule has 0 aromatic rings. The van der Waals surface area contributed by atoms with Gasteiger partial charge in [-0.3, -0.25) is 5.32 Å². The van der Waals surface area contributed by atoms with Crippen LogP contribution in [0.1, 0.15) is 25.7 Å². The third kappa shape index (κ3) is 2.77. The van der Waals surface area contributed by atoms with Gasteiger partial charge in [-0.1, -0.05) is 6.42 Å². The third-order valence-electron chi connectivity index (χ3n) is 2.46. The standard InChI is InChI=1S/C8H18N2O/c1-9-7-3-2-4-8(5-7)10-6-11/h7-11H,2-6H2,1H3. The summed E-state index contributed by atoms with van der Waals surface area (Å²) in [5, 5.41) is 15.0. The molecule has 66 valence electrons. The number of hydrogen-bond donors (Lipinski definition) is 3. The normalized spacial score (nSPS) is 32.2. The van der Waals surface area contributed by atoms with Crippen molar-refractivity contribution in [3.63, 3.8) is 0 Å². The second kappa shape index (κ2) is 4.70. The fourth-order valence-electron chi connectivity index (χ4n) is 1.77. The number of rotatable bonds is 3. The van der Waals surface area contributed by atoms with Gasteiger partial charge in [0.2, 0.25) is 0 Å². The molecule has 3 heteroatoms. The van der Waals surface area contributed by atoms with Gasteiger partial charge in [-0.05, 0) is 26.3 Å². The van der Waals surface area contributed by atoms with Crippen LogP contribution in [0, 0.1) is 0 Å². The molecule has 0 amide bonds. The van der Waals surface area contributed by atoms with Crippen LogP contribution in [0.3, 0.4) is 0 Å². The minimum Gasteiger partial charge on any atom is -0.381 e. The van der Waals surface area contributed by atoms with Crippen molar-refractivity contribution >= 4 is 0 Å². The maximum Gasteiger partial charge on any atom is 0.0933 e. The number of aliphatic hydroxyl groups excluding tert-OH is 1. The summed E-state index contributed by atoms with van der Waals surface area (Å²) in [6.07, 6.45) is 4.90. The van der Waals surface area contributed by atoms with E-state index < -0.39 is 0 Å². The molecule has 1 aliphatic carbocycles. The van der Waals surface area contributed by atoms with Crippen LogP contribution in [0.4, 0.5) is 0 Å². The Morgan fingerprint density at radius 1 is 1.36 bits per heavy atom. The van der Waals surface area contributed by atoms with E-state index in [1.807, 2.05) is 7.05 Å². The molecule has 0 aromatic carbocycles. The first-order valence-electron chi connectivity index (χ1n) is 4.38. The molecule has 1 saturated carbocycles. The van der Waals surface area contributed by atoms with E-state index in [2.05, 4.69) is 10.6 Å². The number of nitrogens with one attached hydrogen (secondary N) is 2. The first-order valence-corrected chi connectivity index (χ1v) is 4.38. The minimum absolute atomic E-state index is 0.112. The van der Waals surface area contributed by atoms with Crippen LogP contribution in [0.2, 0.25) is 0 Å². The quantitative estimate of drug-likeness (QED) is 0.509. The van der Waals surface area contributed by atoms with Crippen molar-refractivity contribution in [2.45, 2.75) is 37.8 Å². The Hall–Kier alpha value is -0.120. The molecule has 1 fully saturated rings. The maximum absolute atomic E-state index is 8.65. The van der Waals surface area contributed by atoms with Crippen LogP contribution in [-0.2, 0) is 0 Å². The zero-order valence-electron chi connectivity index (χ0n) is 7.14. The molecule has 0 spiro atoms. The SMILES string of the molecule is CNC1CCCC(NCO)C1. The van der Waals surface area contributed by atoms with Crippen LogP contribution >= 0.6 is 0 Å². The molecule has 0 radical (unpaired) electrons. The zero-order chi connectivity index (χ0) is 8.10. The van der Waals surface area contributed by atoms with Crippen LogP contribution in [0.25, 0.3) is 0 Å². The van der Waals surface area contributed by atoms with Gasteiger partial charge in [0.25, 0.3) is 0 Å². The summed E-state index contributed by atoms with van der Waals surface area (Å²) in [6.45, 7) is 0.112. The Morgan fingerprint density at radius 2 is 2.09 bits per heavy atom. The molecule has 0 aromatic heterocycles. The fraction of sp³-hybridized carbons (Fsp3) is 1.00. The second-order valence-corrected chi connectivity index (χ2v) is 3.21. The topological polar surface area (TPSA) is 44.3 Å². The molecule has 3 nitrogen and oxygen atoms in total. The van der Waals surface area contributed by atoms with Crippen LogP contribution in [0.15, 0.2) is 0 Å². The van der Waals surface area contributed by atoms with Gasteiger partial charge >= 0.3 is 0 Å². The highest BCUT2D eigenvalue weighted by molar-refractivity contribution is 4.80. The summed E-state index contributed by atoms with van der Waals surface area (Å²) in [6, 6.07) is 1.17. The molecule has 0 heterocycles. The molecule has 2 atom stereocenters. The van der Waals surface area contributed by atoms with Gasteiger partial charge < -0.3 is 10.4 Å². The number of aliphatic hydroxyl groups is 1. The van der Waals surface area contributed by atoms with Gasteiger partial charge in [0.15, 0.2) is 0 Å². The lowest BCUT2D eigenvalue weighted by Crippen LogP contribution is -2.41. The lowest BCUT2D eigenvalue weighted by atomic mass is 9.91. The van der Waals surface area contributed by atoms with E-state index in [0.717, 1.165) is 6.42 Å². The van der Waals surface area contributed by atoms with Crippen LogP contribution in [0.5, 0.6) is 0 Å². The molecular weight excluding hydrogens is 140 g/mol. The van der Waals surface area contributed by atoms with Crippen molar-refractivity contribution in [2.24, 2.45) is 0 Å². The predicted octanol–water partition coefficient (Wildman–Crippen LogP) is 0.0564. The molecule has 2 unspecified atom stereocenters. The van der Waals surface area contributed by atoms with Gasteiger partial charge in [0.1, 0.15) is 0 Å². The summed E-state index contributed by atoms with van der Waals surface area (Å²) in [7, 11) is 2.01. The average Bonchev–Trinajstić information content (AvgIpc) is 2.06. The summed E-state index contributed by atoms with van der Waals surface area (Å²) in [4.78, 5) is 0. The molecule has 3 N–H and O–H groups in total. The monoisotopic (exact) mass is 158 g/mol. The van der Waals surface area contributed by atoms with Crippen molar-refractivity contribution in [1.82, 2.24) is 10.6 Å². The van der Waals surface area contributed by atoms with Gasteiger partial charge in [0, 0.05) is 12.1 Å². The highest BCUT2D eigenvalue weighted by Crippen LogP contribution is 2.17. The molecule has 0 saturated heterocycles. The average molecular weight is 158 g/mol. The highest BCUT2D eigenvalue weighted by Gasteiger charge is 2.19. The molecular formula is C8H18N2O. The van der Waals surface area contributed by atoms with Gasteiger partial charge in [-0.2, -0.15) is 0 Å². The maximum atomic E-state index is 8.65. The summed E-state index contributed by atoms with van der Waals surface area (Å²) >= 11 is 0. The van der Waals surface area contributed by atoms with Gasteiger partial charge in [-0.15, -0.1) is 0 Å². The van der Waals surface area contributed by atoms with E-state index >= 15 is 0 Å². The first kappa shape index (κ1) is 8.97. The Bertz CT molecular complexity index is 106. The van der Waals surface area contributed by atoms with Crippen molar-refractivity contribution in [2.75, 3.05) is 13.8 Å². The lowest BCUT2D eigenvalue weighted by Gasteiger charge is -2.28. The molecule has 0 bridgehead atoms.